The van der Waals surface area contributed by atoms with E-state index in [0.29, 0.717) is 18.7 Å². The topological polar surface area (TPSA) is 40.6 Å². The average molecular weight is 417 g/mol. The molecule has 0 saturated carbocycles. The van der Waals surface area contributed by atoms with Crippen LogP contribution in [0.25, 0.3) is 0 Å². The van der Waals surface area contributed by atoms with Crippen LogP contribution in [0.3, 0.4) is 0 Å². The summed E-state index contributed by atoms with van der Waals surface area (Å²) in [7, 11) is -3.28. The van der Waals surface area contributed by atoms with Crippen LogP contribution in [0.5, 0.6) is 0 Å². The summed E-state index contributed by atoms with van der Waals surface area (Å²) in [5.74, 6) is 0.725. The zero-order valence-corrected chi connectivity index (χ0v) is 18.3. The van der Waals surface area contributed by atoms with Gasteiger partial charge in [0.05, 0.1) is 5.75 Å². The average Bonchev–Trinajstić information content (AvgIpc) is 2.62. The molecule has 0 aliphatic carbocycles. The lowest BCUT2D eigenvalue weighted by atomic mass is 10.1. The van der Waals surface area contributed by atoms with E-state index in [0.717, 1.165) is 36.5 Å². The van der Waals surface area contributed by atoms with Gasteiger partial charge in [-0.15, -0.1) is 12.6 Å². The molecule has 7 heteroatoms. The molecule has 1 aliphatic heterocycles. The highest BCUT2D eigenvalue weighted by atomic mass is 32.2. The summed E-state index contributed by atoms with van der Waals surface area (Å²) >= 11 is 8.68. The van der Waals surface area contributed by atoms with Gasteiger partial charge in [-0.2, -0.15) is 16.9 Å². The largest absolute Gasteiger partial charge is 0.302 e. The fourth-order valence-corrected chi connectivity index (χ4v) is 5.72. The minimum atomic E-state index is -3.28. The molecule has 1 aromatic rings. The van der Waals surface area contributed by atoms with Crippen LogP contribution in [0.15, 0.2) is 29.2 Å². The number of sulfonamides is 1. The van der Waals surface area contributed by atoms with E-state index >= 15 is 0 Å². The summed E-state index contributed by atoms with van der Waals surface area (Å²) in [6.45, 7) is 5.51. The number of hydrogen-bond donors (Lipinski definition) is 2. The summed E-state index contributed by atoms with van der Waals surface area (Å²) in [5, 5.41) is 0. The van der Waals surface area contributed by atoms with E-state index in [4.69, 9.17) is 0 Å². The molecule has 4 nitrogen and oxygen atoms in total. The van der Waals surface area contributed by atoms with Crippen LogP contribution in [0.2, 0.25) is 0 Å². The van der Waals surface area contributed by atoms with Crippen molar-refractivity contribution in [2.24, 2.45) is 0 Å². The normalized spacial score (nSPS) is 17.5. The fraction of sp³-hybridized carbons (Fsp3) is 0.684. The molecule has 1 saturated heterocycles. The second-order valence-corrected chi connectivity index (χ2v) is 10.1. The van der Waals surface area contributed by atoms with E-state index < -0.39 is 10.0 Å². The molecule has 2 rings (SSSR count). The number of benzene rings is 1. The van der Waals surface area contributed by atoms with Gasteiger partial charge in [0.15, 0.2) is 0 Å². The van der Waals surface area contributed by atoms with Gasteiger partial charge in [0.1, 0.15) is 0 Å². The quantitative estimate of drug-likeness (QED) is 0.575. The number of piperidine rings is 1. The molecule has 0 radical (unpaired) electrons. The van der Waals surface area contributed by atoms with Crippen molar-refractivity contribution in [3.05, 3.63) is 29.8 Å². The van der Waals surface area contributed by atoms with Crippen LogP contribution in [-0.2, 0) is 16.4 Å². The Labute approximate surface area is 170 Å². The highest BCUT2D eigenvalue weighted by molar-refractivity contribution is 7.89. The summed E-state index contributed by atoms with van der Waals surface area (Å²) in [6, 6.07) is 7.84. The Kier molecular flexibility index (Phi) is 9.30. The van der Waals surface area contributed by atoms with Crippen LogP contribution in [0.1, 0.15) is 38.2 Å². The van der Waals surface area contributed by atoms with Crippen molar-refractivity contribution in [2.75, 3.05) is 37.7 Å². The molecule has 0 aromatic heterocycles. The second-order valence-electron chi connectivity index (χ2n) is 7.13. The first-order valence-corrected chi connectivity index (χ1v) is 12.2. The van der Waals surface area contributed by atoms with Crippen LogP contribution in [0, 0.1) is 0 Å². The standard InChI is InChI=1S/C19H32N2O2S3/c1-17(16-24)21(13-12-20-10-3-2-4-11-20)26(22,23)14-6-8-18-7-5-9-19(25)15-18/h5,7,9,15,17,24-25H,2-4,6,8,10-14,16H2,1H3/t17-/m1/s1. The predicted octanol–water partition coefficient (Wildman–Crippen LogP) is 3.34. The Hall–Kier alpha value is -0.210. The molecule has 0 amide bonds. The molecule has 1 aliphatic rings. The highest BCUT2D eigenvalue weighted by Crippen LogP contribution is 2.15. The molecule has 148 valence electrons. The summed E-state index contributed by atoms with van der Waals surface area (Å²) in [6.07, 6.45) is 5.11. The Morgan fingerprint density at radius 2 is 1.96 bits per heavy atom. The zero-order valence-electron chi connectivity index (χ0n) is 15.7. The summed E-state index contributed by atoms with van der Waals surface area (Å²) in [5.41, 5.74) is 1.13. The Morgan fingerprint density at radius 3 is 2.62 bits per heavy atom. The minimum Gasteiger partial charge on any atom is -0.302 e. The van der Waals surface area contributed by atoms with Crippen LogP contribution < -0.4 is 0 Å². The molecule has 1 aromatic carbocycles. The van der Waals surface area contributed by atoms with E-state index in [9.17, 15) is 8.42 Å². The maximum absolute atomic E-state index is 12.9. The van der Waals surface area contributed by atoms with Crippen LogP contribution in [0.4, 0.5) is 0 Å². The number of hydrogen-bond acceptors (Lipinski definition) is 5. The Bertz CT molecular complexity index is 646. The number of thiol groups is 2. The van der Waals surface area contributed by atoms with E-state index in [1.165, 1.54) is 19.3 Å². The van der Waals surface area contributed by atoms with Gasteiger partial charge in [-0.3, -0.25) is 0 Å². The van der Waals surface area contributed by atoms with E-state index in [1.807, 2.05) is 31.2 Å². The highest BCUT2D eigenvalue weighted by Gasteiger charge is 2.26. The van der Waals surface area contributed by atoms with Crippen molar-refractivity contribution in [1.29, 1.82) is 0 Å². The van der Waals surface area contributed by atoms with Crippen LogP contribution >= 0.6 is 25.3 Å². The monoisotopic (exact) mass is 416 g/mol. The predicted molar refractivity (Wildman–Crippen MR) is 116 cm³/mol. The third-order valence-electron chi connectivity index (χ3n) is 4.98. The Balaban J connectivity index is 1.91. The van der Waals surface area contributed by atoms with E-state index in [-0.39, 0.29) is 11.8 Å². The van der Waals surface area contributed by atoms with Crippen molar-refractivity contribution in [3.8, 4) is 0 Å². The molecule has 0 spiro atoms. The van der Waals surface area contributed by atoms with Crippen LogP contribution in [-0.4, -0.2) is 61.3 Å². The van der Waals surface area contributed by atoms with Gasteiger partial charge in [0, 0.05) is 29.8 Å². The number of nitrogens with zero attached hydrogens (tertiary/aromatic N) is 2. The van der Waals surface area contributed by atoms with Gasteiger partial charge in [0.25, 0.3) is 0 Å². The molecule has 0 N–H and O–H groups in total. The number of likely N-dealkylation sites (tertiary alicyclic amines) is 1. The van der Waals surface area contributed by atoms with Crippen molar-refractivity contribution in [1.82, 2.24) is 9.21 Å². The molecular weight excluding hydrogens is 384 g/mol. The fourth-order valence-electron chi connectivity index (χ4n) is 3.44. The lowest BCUT2D eigenvalue weighted by molar-refractivity contribution is 0.205. The molecule has 26 heavy (non-hydrogen) atoms. The minimum absolute atomic E-state index is 0.0751. The lowest BCUT2D eigenvalue weighted by Gasteiger charge is -2.32. The van der Waals surface area contributed by atoms with Crippen molar-refractivity contribution in [2.45, 2.75) is 50.0 Å². The third-order valence-corrected chi connectivity index (χ3v) is 7.85. The summed E-state index contributed by atoms with van der Waals surface area (Å²) < 4.78 is 27.5. The SMILES string of the molecule is C[C@H](CS)N(CCN1CCCCC1)S(=O)(=O)CCCc1cccc(S)c1. The third kappa shape index (κ3) is 7.08. The molecule has 0 bridgehead atoms. The first-order chi connectivity index (χ1) is 12.4. The van der Waals surface area contributed by atoms with Gasteiger partial charge >= 0.3 is 0 Å². The molecule has 0 unspecified atom stereocenters. The maximum atomic E-state index is 12.9. The summed E-state index contributed by atoms with van der Waals surface area (Å²) in [4.78, 5) is 3.30. The molecule has 1 fully saturated rings. The smallest absolute Gasteiger partial charge is 0.214 e. The molecular formula is C19H32N2O2S3. The van der Waals surface area contributed by atoms with E-state index in [2.05, 4.69) is 30.2 Å². The van der Waals surface area contributed by atoms with Crippen molar-refractivity contribution < 1.29 is 8.42 Å². The van der Waals surface area contributed by atoms with Gasteiger partial charge in [-0.25, -0.2) is 8.42 Å². The first kappa shape index (κ1) is 22.1. The van der Waals surface area contributed by atoms with Gasteiger partial charge in [-0.1, -0.05) is 18.6 Å². The number of rotatable bonds is 10. The van der Waals surface area contributed by atoms with Crippen molar-refractivity contribution in [3.63, 3.8) is 0 Å². The second kappa shape index (κ2) is 11.0. The molecule has 1 atom stereocenters. The molecule has 1 heterocycles. The van der Waals surface area contributed by atoms with Gasteiger partial charge in [0.2, 0.25) is 10.0 Å². The Morgan fingerprint density at radius 1 is 1.23 bits per heavy atom. The van der Waals surface area contributed by atoms with E-state index in [1.54, 1.807) is 4.31 Å². The first-order valence-electron chi connectivity index (χ1n) is 9.53. The zero-order chi connectivity index (χ0) is 19.0. The maximum Gasteiger partial charge on any atom is 0.214 e. The number of aryl methyl sites for hydroxylation is 1. The lowest BCUT2D eigenvalue weighted by Crippen LogP contribution is -2.46. The van der Waals surface area contributed by atoms with Gasteiger partial charge in [-0.05, 0) is 63.4 Å². The van der Waals surface area contributed by atoms with Gasteiger partial charge < -0.3 is 4.90 Å². The van der Waals surface area contributed by atoms with Crippen molar-refractivity contribution >= 4 is 35.3 Å².